The van der Waals surface area contributed by atoms with E-state index in [1.165, 1.54) is 12.4 Å². The molecule has 0 saturated heterocycles. The quantitative estimate of drug-likeness (QED) is 0.634. The van der Waals surface area contributed by atoms with Gasteiger partial charge in [0.05, 0.1) is 11.5 Å². The molecule has 0 aliphatic rings. The summed E-state index contributed by atoms with van der Waals surface area (Å²) in [7, 11) is 0. The number of nitrogens with zero attached hydrogens (tertiary/aromatic N) is 4. The van der Waals surface area contributed by atoms with Crippen LogP contribution in [0.3, 0.4) is 0 Å². The molecule has 2 rings (SSSR count). The van der Waals surface area contributed by atoms with Gasteiger partial charge in [0.2, 0.25) is 5.69 Å². The molecule has 9 heteroatoms. The van der Waals surface area contributed by atoms with Crippen molar-refractivity contribution in [2.75, 3.05) is 0 Å². The summed E-state index contributed by atoms with van der Waals surface area (Å²) >= 11 is 0. The van der Waals surface area contributed by atoms with Crippen LogP contribution in [0.4, 0.5) is 18.9 Å². The van der Waals surface area contributed by atoms with Crippen LogP contribution in [0.1, 0.15) is 11.3 Å². The molecule has 0 saturated carbocycles. The highest BCUT2D eigenvalue weighted by Crippen LogP contribution is 2.34. The first-order valence-corrected chi connectivity index (χ1v) is 5.06. The molecular formula is C10H7F3N4O2. The van der Waals surface area contributed by atoms with Crippen molar-refractivity contribution in [2.45, 2.75) is 12.7 Å². The van der Waals surface area contributed by atoms with Crippen LogP contribution >= 0.6 is 0 Å². The fourth-order valence-electron chi connectivity index (χ4n) is 1.50. The van der Waals surface area contributed by atoms with Crippen molar-refractivity contribution in [2.24, 2.45) is 0 Å². The number of halogens is 3. The van der Waals surface area contributed by atoms with Crippen LogP contribution in [0.25, 0.3) is 0 Å². The van der Waals surface area contributed by atoms with Gasteiger partial charge in [0.15, 0.2) is 0 Å². The Kier molecular flexibility index (Phi) is 3.19. The Hall–Kier alpha value is -2.45. The molecule has 0 radical (unpaired) electrons. The molecule has 0 N–H and O–H groups in total. The summed E-state index contributed by atoms with van der Waals surface area (Å²) in [6.45, 7) is -0.000556. The Labute approximate surface area is 104 Å². The van der Waals surface area contributed by atoms with Crippen LogP contribution in [0.2, 0.25) is 0 Å². The van der Waals surface area contributed by atoms with Crippen molar-refractivity contribution in [3.63, 3.8) is 0 Å². The Morgan fingerprint density at radius 3 is 2.42 bits per heavy atom. The first-order valence-electron chi connectivity index (χ1n) is 5.06. The zero-order valence-corrected chi connectivity index (χ0v) is 9.33. The molecule has 0 fully saturated rings. The van der Waals surface area contributed by atoms with Crippen LogP contribution in [0.15, 0.2) is 30.7 Å². The molecule has 0 amide bonds. The summed E-state index contributed by atoms with van der Waals surface area (Å²) in [5, 5.41) is 13.8. The van der Waals surface area contributed by atoms with Gasteiger partial charge < -0.3 is 0 Å². The van der Waals surface area contributed by atoms with E-state index in [9.17, 15) is 23.3 Å². The molecular weight excluding hydrogens is 265 g/mol. The molecule has 2 heterocycles. The lowest BCUT2D eigenvalue weighted by Gasteiger charge is -2.02. The molecule has 0 aromatic carbocycles. The molecule has 0 aliphatic carbocycles. The molecule has 2 aromatic heterocycles. The molecule has 2 aromatic rings. The third-order valence-corrected chi connectivity index (χ3v) is 2.30. The lowest BCUT2D eigenvalue weighted by Crippen LogP contribution is -2.10. The third kappa shape index (κ3) is 2.87. The normalized spacial score (nSPS) is 11.5. The Morgan fingerprint density at radius 1 is 1.32 bits per heavy atom. The highest BCUT2D eigenvalue weighted by atomic mass is 19.4. The predicted octanol–water partition coefficient (Wildman–Crippen LogP) is 2.25. The number of pyridine rings is 1. The summed E-state index contributed by atoms with van der Waals surface area (Å²) in [4.78, 5) is 13.2. The Morgan fingerprint density at radius 2 is 1.95 bits per heavy atom. The van der Waals surface area contributed by atoms with Gasteiger partial charge in [0, 0.05) is 12.4 Å². The second-order valence-corrected chi connectivity index (χ2v) is 3.67. The molecule has 0 bridgehead atoms. The minimum absolute atomic E-state index is 0.000556. The van der Waals surface area contributed by atoms with Gasteiger partial charge in [0.1, 0.15) is 6.20 Å². The standard InChI is InChI=1S/C10H7F3N4O2/c11-10(12,13)9-8(17(18)19)6-16(15-9)5-7-1-3-14-4-2-7/h1-4,6H,5H2. The zero-order valence-electron chi connectivity index (χ0n) is 9.33. The van der Waals surface area contributed by atoms with Crippen molar-refractivity contribution in [3.05, 3.63) is 52.1 Å². The van der Waals surface area contributed by atoms with Gasteiger partial charge in [-0.2, -0.15) is 18.3 Å². The number of hydrogen-bond acceptors (Lipinski definition) is 4. The lowest BCUT2D eigenvalue weighted by molar-refractivity contribution is -0.388. The lowest BCUT2D eigenvalue weighted by atomic mass is 10.3. The summed E-state index contributed by atoms with van der Waals surface area (Å²) in [5.74, 6) is 0. The van der Waals surface area contributed by atoms with Crippen molar-refractivity contribution >= 4 is 5.69 Å². The number of rotatable bonds is 3. The number of alkyl halides is 3. The van der Waals surface area contributed by atoms with Crippen molar-refractivity contribution < 1.29 is 18.1 Å². The van der Waals surface area contributed by atoms with Crippen LogP contribution in [0, 0.1) is 10.1 Å². The highest BCUT2D eigenvalue weighted by molar-refractivity contribution is 5.35. The fraction of sp³-hybridized carbons (Fsp3) is 0.200. The number of nitro groups is 1. The van der Waals surface area contributed by atoms with E-state index in [4.69, 9.17) is 0 Å². The molecule has 0 atom stereocenters. The van der Waals surface area contributed by atoms with Crippen molar-refractivity contribution in [1.29, 1.82) is 0 Å². The van der Waals surface area contributed by atoms with Gasteiger partial charge in [0.25, 0.3) is 0 Å². The van der Waals surface area contributed by atoms with E-state index < -0.39 is 22.5 Å². The topological polar surface area (TPSA) is 73.8 Å². The summed E-state index contributed by atoms with van der Waals surface area (Å²) < 4.78 is 38.6. The van der Waals surface area contributed by atoms with Gasteiger partial charge in [-0.3, -0.25) is 19.8 Å². The van der Waals surface area contributed by atoms with Gasteiger partial charge in [-0.05, 0) is 17.7 Å². The van der Waals surface area contributed by atoms with Gasteiger partial charge >= 0.3 is 11.9 Å². The molecule has 6 nitrogen and oxygen atoms in total. The van der Waals surface area contributed by atoms with Crippen molar-refractivity contribution in [1.82, 2.24) is 14.8 Å². The highest BCUT2D eigenvalue weighted by Gasteiger charge is 2.42. The second-order valence-electron chi connectivity index (χ2n) is 3.67. The largest absolute Gasteiger partial charge is 0.442 e. The van der Waals surface area contributed by atoms with E-state index >= 15 is 0 Å². The van der Waals surface area contributed by atoms with Crippen molar-refractivity contribution in [3.8, 4) is 0 Å². The van der Waals surface area contributed by atoms with Crippen LogP contribution in [-0.4, -0.2) is 19.7 Å². The SMILES string of the molecule is O=[N+]([O-])c1cn(Cc2ccncc2)nc1C(F)(F)F. The van der Waals surface area contributed by atoms with Crippen LogP contribution < -0.4 is 0 Å². The van der Waals surface area contributed by atoms with Gasteiger partial charge in [-0.25, -0.2) is 0 Å². The van der Waals surface area contributed by atoms with E-state index in [0.29, 0.717) is 5.56 Å². The molecule has 0 aliphatic heterocycles. The van der Waals surface area contributed by atoms with Crippen LogP contribution in [-0.2, 0) is 12.7 Å². The summed E-state index contributed by atoms with van der Waals surface area (Å²) in [6, 6.07) is 3.17. The third-order valence-electron chi connectivity index (χ3n) is 2.30. The maximum atomic E-state index is 12.6. The smallest absolute Gasteiger partial charge is 0.265 e. The second kappa shape index (κ2) is 4.67. The minimum Gasteiger partial charge on any atom is -0.265 e. The van der Waals surface area contributed by atoms with Gasteiger partial charge in [-0.1, -0.05) is 0 Å². The van der Waals surface area contributed by atoms with E-state index in [1.54, 1.807) is 12.1 Å². The summed E-state index contributed by atoms with van der Waals surface area (Å²) in [5.41, 5.74) is -1.91. The fourth-order valence-corrected chi connectivity index (χ4v) is 1.50. The zero-order chi connectivity index (χ0) is 14.0. The summed E-state index contributed by atoms with van der Waals surface area (Å²) in [6.07, 6.45) is -1.15. The monoisotopic (exact) mass is 272 g/mol. The Balaban J connectivity index is 2.36. The van der Waals surface area contributed by atoms with Gasteiger partial charge in [-0.15, -0.1) is 0 Å². The van der Waals surface area contributed by atoms with Crippen LogP contribution in [0.5, 0.6) is 0 Å². The first-order chi connectivity index (χ1) is 8.88. The van der Waals surface area contributed by atoms with E-state index in [0.717, 1.165) is 10.9 Å². The number of aromatic nitrogens is 3. The molecule has 100 valence electrons. The minimum atomic E-state index is -4.86. The molecule has 0 spiro atoms. The van der Waals surface area contributed by atoms with E-state index in [2.05, 4.69) is 10.1 Å². The van der Waals surface area contributed by atoms with E-state index in [1.807, 2.05) is 0 Å². The maximum absolute atomic E-state index is 12.6. The predicted molar refractivity (Wildman–Crippen MR) is 57.2 cm³/mol. The maximum Gasteiger partial charge on any atom is 0.442 e. The Bertz CT molecular complexity index is 595. The molecule has 19 heavy (non-hydrogen) atoms. The first kappa shape index (κ1) is 13.0. The number of hydrogen-bond donors (Lipinski definition) is 0. The molecule has 0 unspecified atom stereocenters. The van der Waals surface area contributed by atoms with E-state index in [-0.39, 0.29) is 6.54 Å². The average Bonchev–Trinajstić information content (AvgIpc) is 2.74. The average molecular weight is 272 g/mol.